The van der Waals surface area contributed by atoms with E-state index in [2.05, 4.69) is 15.5 Å². The van der Waals surface area contributed by atoms with Crippen LogP contribution in [0.15, 0.2) is 24.3 Å². The SMILES string of the molecule is CNc1nnc(COCc2cccc(Cl)c2)s1. The lowest BCUT2D eigenvalue weighted by Gasteiger charge is -2.02. The van der Waals surface area contributed by atoms with Gasteiger partial charge in [-0.1, -0.05) is 35.1 Å². The molecule has 0 saturated carbocycles. The monoisotopic (exact) mass is 269 g/mol. The van der Waals surface area contributed by atoms with Crippen LogP contribution < -0.4 is 5.32 Å². The topological polar surface area (TPSA) is 47.0 Å². The number of hydrogen-bond acceptors (Lipinski definition) is 5. The third-order valence-electron chi connectivity index (χ3n) is 2.06. The molecule has 2 rings (SSSR count). The number of aromatic nitrogens is 2. The molecule has 2 aromatic rings. The Morgan fingerprint density at radius 1 is 1.35 bits per heavy atom. The Kier molecular flexibility index (Phi) is 4.30. The maximum absolute atomic E-state index is 5.88. The molecule has 0 spiro atoms. The van der Waals surface area contributed by atoms with Gasteiger partial charge in [-0.15, -0.1) is 10.2 Å². The average Bonchev–Trinajstić information content (AvgIpc) is 2.77. The summed E-state index contributed by atoms with van der Waals surface area (Å²) in [4.78, 5) is 0. The fraction of sp³-hybridized carbons (Fsp3) is 0.273. The maximum atomic E-state index is 5.88. The van der Waals surface area contributed by atoms with Crippen molar-refractivity contribution in [1.82, 2.24) is 10.2 Å². The van der Waals surface area contributed by atoms with Crippen LogP contribution in [-0.4, -0.2) is 17.2 Å². The molecule has 0 radical (unpaired) electrons. The zero-order valence-electron chi connectivity index (χ0n) is 9.31. The van der Waals surface area contributed by atoms with Crippen LogP contribution >= 0.6 is 22.9 Å². The molecular formula is C11H12ClN3OS. The van der Waals surface area contributed by atoms with E-state index in [0.29, 0.717) is 13.2 Å². The highest BCUT2D eigenvalue weighted by molar-refractivity contribution is 7.15. The first-order valence-corrected chi connectivity index (χ1v) is 6.29. The standard InChI is InChI=1S/C11H12ClN3OS/c1-13-11-15-14-10(17-11)7-16-6-8-3-2-4-9(12)5-8/h2-5H,6-7H2,1H3,(H,13,15). The van der Waals surface area contributed by atoms with E-state index in [-0.39, 0.29) is 0 Å². The van der Waals surface area contributed by atoms with Crippen molar-refractivity contribution in [2.75, 3.05) is 12.4 Å². The number of halogens is 1. The first-order valence-electron chi connectivity index (χ1n) is 5.10. The van der Waals surface area contributed by atoms with Crippen molar-refractivity contribution in [2.24, 2.45) is 0 Å². The molecule has 4 nitrogen and oxygen atoms in total. The number of nitrogens with zero attached hydrogens (tertiary/aromatic N) is 2. The van der Waals surface area contributed by atoms with Crippen molar-refractivity contribution in [3.05, 3.63) is 39.9 Å². The van der Waals surface area contributed by atoms with Gasteiger partial charge in [0.1, 0.15) is 11.6 Å². The summed E-state index contributed by atoms with van der Waals surface area (Å²) in [5, 5.41) is 13.2. The molecule has 17 heavy (non-hydrogen) atoms. The van der Waals surface area contributed by atoms with Crippen LogP contribution in [-0.2, 0) is 18.0 Å². The Labute approximate surface area is 109 Å². The summed E-state index contributed by atoms with van der Waals surface area (Å²) in [6.45, 7) is 0.987. The highest BCUT2D eigenvalue weighted by atomic mass is 35.5. The normalized spacial score (nSPS) is 10.5. The summed E-state index contributed by atoms with van der Waals surface area (Å²) >= 11 is 7.37. The van der Waals surface area contributed by atoms with Gasteiger partial charge in [-0.05, 0) is 17.7 Å². The van der Waals surface area contributed by atoms with Gasteiger partial charge >= 0.3 is 0 Å². The van der Waals surface area contributed by atoms with Gasteiger partial charge in [-0.3, -0.25) is 0 Å². The van der Waals surface area contributed by atoms with Crippen molar-refractivity contribution in [3.63, 3.8) is 0 Å². The van der Waals surface area contributed by atoms with E-state index in [1.165, 1.54) is 11.3 Å². The zero-order chi connectivity index (χ0) is 12.1. The quantitative estimate of drug-likeness (QED) is 0.907. The maximum Gasteiger partial charge on any atom is 0.205 e. The zero-order valence-corrected chi connectivity index (χ0v) is 10.9. The van der Waals surface area contributed by atoms with Crippen LogP contribution in [0.25, 0.3) is 0 Å². The summed E-state index contributed by atoms with van der Waals surface area (Å²) in [7, 11) is 1.82. The average molecular weight is 270 g/mol. The Morgan fingerprint density at radius 2 is 2.24 bits per heavy atom. The van der Waals surface area contributed by atoms with Gasteiger partial charge in [0.2, 0.25) is 5.13 Å². The number of hydrogen-bond donors (Lipinski definition) is 1. The summed E-state index contributed by atoms with van der Waals surface area (Å²) in [5.74, 6) is 0. The van der Waals surface area contributed by atoms with Gasteiger partial charge in [0, 0.05) is 12.1 Å². The summed E-state index contributed by atoms with van der Waals surface area (Å²) < 4.78 is 5.54. The van der Waals surface area contributed by atoms with Crippen LogP contribution in [0.2, 0.25) is 5.02 Å². The van der Waals surface area contributed by atoms with Crippen LogP contribution in [0, 0.1) is 0 Å². The molecule has 1 heterocycles. The van der Waals surface area contributed by atoms with E-state index in [1.807, 2.05) is 31.3 Å². The number of nitrogens with one attached hydrogen (secondary N) is 1. The number of rotatable bonds is 5. The van der Waals surface area contributed by atoms with Crippen molar-refractivity contribution < 1.29 is 4.74 Å². The molecular weight excluding hydrogens is 258 g/mol. The largest absolute Gasteiger partial charge is 0.370 e. The molecule has 0 aliphatic rings. The molecule has 0 bridgehead atoms. The molecule has 1 aromatic heterocycles. The molecule has 0 amide bonds. The minimum Gasteiger partial charge on any atom is -0.370 e. The van der Waals surface area contributed by atoms with Crippen LogP contribution in [0.5, 0.6) is 0 Å². The predicted octanol–water partition coefficient (Wildman–Crippen LogP) is 2.95. The van der Waals surface area contributed by atoms with E-state index in [9.17, 15) is 0 Å². The fourth-order valence-electron chi connectivity index (χ4n) is 1.30. The lowest BCUT2D eigenvalue weighted by atomic mass is 10.2. The highest BCUT2D eigenvalue weighted by Crippen LogP contribution is 2.16. The van der Waals surface area contributed by atoms with Gasteiger partial charge < -0.3 is 10.1 Å². The second-order valence-corrected chi connectivity index (χ2v) is 4.87. The summed E-state index contributed by atoms with van der Waals surface area (Å²) in [6.07, 6.45) is 0. The van der Waals surface area contributed by atoms with Crippen molar-refractivity contribution in [1.29, 1.82) is 0 Å². The fourth-order valence-corrected chi connectivity index (χ4v) is 2.14. The third-order valence-corrected chi connectivity index (χ3v) is 3.21. The molecule has 0 aliphatic carbocycles. The Bertz CT molecular complexity index is 489. The molecule has 0 aliphatic heterocycles. The van der Waals surface area contributed by atoms with Gasteiger partial charge in [0.05, 0.1) is 6.61 Å². The Balaban J connectivity index is 1.83. The summed E-state index contributed by atoms with van der Waals surface area (Å²) in [5.41, 5.74) is 1.05. The lowest BCUT2D eigenvalue weighted by Crippen LogP contribution is -1.93. The lowest BCUT2D eigenvalue weighted by molar-refractivity contribution is 0.106. The van der Waals surface area contributed by atoms with Crippen LogP contribution in [0.1, 0.15) is 10.6 Å². The molecule has 6 heteroatoms. The van der Waals surface area contributed by atoms with E-state index >= 15 is 0 Å². The first kappa shape index (κ1) is 12.3. The van der Waals surface area contributed by atoms with Crippen molar-refractivity contribution >= 4 is 28.1 Å². The molecule has 1 aromatic carbocycles. The van der Waals surface area contributed by atoms with Crippen molar-refractivity contribution in [3.8, 4) is 0 Å². The second kappa shape index (κ2) is 5.95. The highest BCUT2D eigenvalue weighted by Gasteiger charge is 2.02. The Morgan fingerprint density at radius 3 is 2.94 bits per heavy atom. The van der Waals surface area contributed by atoms with Gasteiger partial charge in [0.15, 0.2) is 0 Å². The van der Waals surface area contributed by atoms with Crippen molar-refractivity contribution in [2.45, 2.75) is 13.2 Å². The Hall–Kier alpha value is -1.17. The summed E-state index contributed by atoms with van der Waals surface area (Å²) in [6, 6.07) is 7.62. The smallest absolute Gasteiger partial charge is 0.205 e. The molecule has 0 unspecified atom stereocenters. The number of anilines is 1. The number of ether oxygens (including phenoxy) is 1. The van der Waals surface area contributed by atoms with E-state index in [4.69, 9.17) is 16.3 Å². The third kappa shape index (κ3) is 3.66. The van der Waals surface area contributed by atoms with E-state index in [1.54, 1.807) is 0 Å². The van der Waals surface area contributed by atoms with Gasteiger partial charge in [0.25, 0.3) is 0 Å². The predicted molar refractivity (Wildman–Crippen MR) is 69.4 cm³/mol. The van der Waals surface area contributed by atoms with E-state index < -0.39 is 0 Å². The molecule has 1 N–H and O–H groups in total. The van der Waals surface area contributed by atoms with Crippen LogP contribution in [0.4, 0.5) is 5.13 Å². The molecule has 0 saturated heterocycles. The molecule has 0 atom stereocenters. The van der Waals surface area contributed by atoms with E-state index in [0.717, 1.165) is 20.7 Å². The van der Waals surface area contributed by atoms with Gasteiger partial charge in [-0.2, -0.15) is 0 Å². The first-order chi connectivity index (χ1) is 8.28. The van der Waals surface area contributed by atoms with Gasteiger partial charge in [-0.25, -0.2) is 0 Å². The second-order valence-electron chi connectivity index (χ2n) is 3.37. The minimum absolute atomic E-state index is 0.464. The number of benzene rings is 1. The minimum atomic E-state index is 0.464. The molecule has 90 valence electrons. The van der Waals surface area contributed by atoms with Crippen LogP contribution in [0.3, 0.4) is 0 Å². The molecule has 0 fully saturated rings.